The predicted molar refractivity (Wildman–Crippen MR) is 166 cm³/mol. The van der Waals surface area contributed by atoms with Crippen molar-refractivity contribution < 1.29 is 28.8 Å². The van der Waals surface area contributed by atoms with Crippen LogP contribution in [0.4, 0.5) is 16.2 Å². The number of nitrogens with zero attached hydrogens (tertiary/aromatic N) is 2. The molecule has 1 saturated heterocycles. The Bertz CT molecular complexity index is 1630. The number of esters is 1. The quantitative estimate of drug-likeness (QED) is 0.0751. The maximum absolute atomic E-state index is 13.0. The van der Waals surface area contributed by atoms with E-state index in [1.165, 1.54) is 42.1 Å². The molecule has 0 unspecified atom stereocenters. The Labute approximate surface area is 261 Å². The van der Waals surface area contributed by atoms with Gasteiger partial charge in [0.25, 0.3) is 16.8 Å². The number of benzene rings is 3. The first-order chi connectivity index (χ1) is 20.5. The summed E-state index contributed by atoms with van der Waals surface area (Å²) in [5.74, 6) is -2.01. The number of hydrogen-bond acceptors (Lipinski definition) is 9. The van der Waals surface area contributed by atoms with Gasteiger partial charge in [-0.2, -0.15) is 0 Å². The number of nitro groups is 1. The van der Waals surface area contributed by atoms with Crippen molar-refractivity contribution in [3.8, 4) is 0 Å². The minimum Gasteiger partial charge on any atom is -0.462 e. The lowest BCUT2D eigenvalue weighted by Crippen LogP contribution is -2.36. The fourth-order valence-electron chi connectivity index (χ4n) is 3.86. The Morgan fingerprint density at radius 3 is 2.56 bits per heavy atom. The molecule has 10 nitrogen and oxygen atoms in total. The van der Waals surface area contributed by atoms with Crippen LogP contribution in [-0.4, -0.2) is 46.0 Å². The molecule has 3 aromatic rings. The van der Waals surface area contributed by atoms with Crippen molar-refractivity contribution in [2.45, 2.75) is 36.5 Å². The number of carbonyl (C=O) groups excluding carboxylic acids is 4. The van der Waals surface area contributed by atoms with Crippen LogP contribution in [-0.2, 0) is 14.3 Å². The molecular formula is C30H26ClN3O7S2. The summed E-state index contributed by atoms with van der Waals surface area (Å²) in [6.07, 6.45) is 2.92. The molecule has 0 saturated carbocycles. The van der Waals surface area contributed by atoms with Gasteiger partial charge in [-0.05, 0) is 73.1 Å². The zero-order chi connectivity index (χ0) is 31.1. The van der Waals surface area contributed by atoms with E-state index < -0.39 is 34.5 Å². The van der Waals surface area contributed by atoms with Crippen LogP contribution in [0.2, 0.25) is 5.02 Å². The summed E-state index contributed by atoms with van der Waals surface area (Å²) in [7, 11) is 0. The summed E-state index contributed by atoms with van der Waals surface area (Å²) in [6.45, 7) is 3.57. The summed E-state index contributed by atoms with van der Waals surface area (Å²) in [6, 6.07) is 16.4. The van der Waals surface area contributed by atoms with Crippen LogP contribution in [0.3, 0.4) is 0 Å². The first-order valence-electron chi connectivity index (χ1n) is 13.1. The van der Waals surface area contributed by atoms with Crippen LogP contribution in [0.5, 0.6) is 0 Å². The highest BCUT2D eigenvalue weighted by atomic mass is 35.5. The SMILES string of the molecule is CCCCOC(=O)c1cc(NC(=O)CN2C(=O)S/C(=C\c3ccc(Sc4ccc(C)cc4)c([N+](=O)[O-])c3)C2=O)ccc1Cl. The number of anilines is 1. The van der Waals surface area contributed by atoms with Gasteiger partial charge in [0, 0.05) is 16.6 Å². The lowest BCUT2D eigenvalue weighted by atomic mass is 10.2. The maximum atomic E-state index is 13.0. The molecule has 1 fully saturated rings. The summed E-state index contributed by atoms with van der Waals surface area (Å²) in [5.41, 5.74) is 1.58. The minimum atomic E-state index is -0.706. The third-order valence-corrected chi connectivity index (χ3v) is 8.41. The van der Waals surface area contributed by atoms with Gasteiger partial charge >= 0.3 is 5.97 Å². The Balaban J connectivity index is 1.44. The molecule has 0 spiro atoms. The van der Waals surface area contributed by atoms with E-state index in [0.29, 0.717) is 28.6 Å². The van der Waals surface area contributed by atoms with Gasteiger partial charge in [0.1, 0.15) is 6.54 Å². The van der Waals surface area contributed by atoms with Gasteiger partial charge in [0.2, 0.25) is 5.91 Å². The molecule has 1 heterocycles. The van der Waals surface area contributed by atoms with Gasteiger partial charge in [-0.1, -0.05) is 60.5 Å². The first kappa shape index (κ1) is 31.8. The van der Waals surface area contributed by atoms with Gasteiger partial charge in [-0.3, -0.25) is 29.4 Å². The Morgan fingerprint density at radius 1 is 1.12 bits per heavy atom. The van der Waals surface area contributed by atoms with Gasteiger partial charge in [0.15, 0.2) is 0 Å². The molecule has 0 bridgehead atoms. The second-order valence-corrected chi connectivity index (χ2v) is 11.9. The molecule has 0 aromatic heterocycles. The zero-order valence-corrected chi connectivity index (χ0v) is 25.5. The summed E-state index contributed by atoms with van der Waals surface area (Å²) >= 11 is 7.99. The average Bonchev–Trinajstić information content (AvgIpc) is 3.23. The van der Waals surface area contributed by atoms with E-state index >= 15 is 0 Å². The number of unbranched alkanes of at least 4 members (excludes halogenated alkanes) is 1. The maximum Gasteiger partial charge on any atom is 0.339 e. The third kappa shape index (κ3) is 8.25. The highest BCUT2D eigenvalue weighted by molar-refractivity contribution is 8.18. The number of carbonyl (C=O) groups is 4. The van der Waals surface area contributed by atoms with E-state index in [1.807, 2.05) is 38.1 Å². The highest BCUT2D eigenvalue weighted by Crippen LogP contribution is 2.37. The van der Waals surface area contributed by atoms with Crippen molar-refractivity contribution in [1.82, 2.24) is 4.90 Å². The molecule has 4 rings (SSSR count). The van der Waals surface area contributed by atoms with E-state index in [4.69, 9.17) is 16.3 Å². The van der Waals surface area contributed by atoms with Crippen molar-refractivity contribution in [3.63, 3.8) is 0 Å². The number of hydrogen-bond donors (Lipinski definition) is 1. The molecule has 3 aromatic carbocycles. The fraction of sp³-hybridized carbons (Fsp3) is 0.200. The van der Waals surface area contributed by atoms with Gasteiger partial charge in [-0.15, -0.1) is 0 Å². The molecule has 222 valence electrons. The fourth-order valence-corrected chi connectivity index (χ4v) is 5.80. The molecule has 1 N–H and O–H groups in total. The molecule has 13 heteroatoms. The number of nitro benzene ring substituents is 1. The second kappa shape index (κ2) is 14.4. The standard InChI is InChI=1S/C30H26ClN3O7S2/c1-3-4-13-41-29(37)22-16-20(8-11-23(22)31)32-27(35)17-33-28(36)26(43-30(33)38)15-19-7-12-25(24(14-19)34(39)40)42-21-9-5-18(2)6-10-21/h5-12,14-16H,3-4,13,17H2,1-2H3,(H,32,35)/b26-15-. The number of thioether (sulfide) groups is 1. The van der Waals surface area contributed by atoms with Crippen LogP contribution in [0.25, 0.3) is 6.08 Å². The zero-order valence-electron chi connectivity index (χ0n) is 23.1. The average molecular weight is 640 g/mol. The van der Waals surface area contributed by atoms with Gasteiger partial charge in [-0.25, -0.2) is 4.79 Å². The van der Waals surface area contributed by atoms with Crippen molar-refractivity contribution in [3.05, 3.63) is 97.4 Å². The lowest BCUT2D eigenvalue weighted by Gasteiger charge is -2.13. The third-order valence-electron chi connectivity index (χ3n) is 6.10. The monoisotopic (exact) mass is 639 g/mol. The van der Waals surface area contributed by atoms with E-state index in [0.717, 1.165) is 21.8 Å². The van der Waals surface area contributed by atoms with E-state index in [2.05, 4.69) is 5.32 Å². The highest BCUT2D eigenvalue weighted by Gasteiger charge is 2.36. The molecule has 43 heavy (non-hydrogen) atoms. The molecule has 1 aliphatic heterocycles. The molecular weight excluding hydrogens is 614 g/mol. The molecule has 0 aliphatic carbocycles. The van der Waals surface area contributed by atoms with Crippen LogP contribution in [0, 0.1) is 17.0 Å². The number of imide groups is 1. The number of ether oxygens (including phenoxy) is 1. The molecule has 3 amide bonds. The van der Waals surface area contributed by atoms with Crippen molar-refractivity contribution in [2.75, 3.05) is 18.5 Å². The van der Waals surface area contributed by atoms with Crippen molar-refractivity contribution in [1.29, 1.82) is 0 Å². The van der Waals surface area contributed by atoms with E-state index in [9.17, 15) is 29.3 Å². The second-order valence-electron chi connectivity index (χ2n) is 9.40. The molecule has 0 atom stereocenters. The number of nitrogens with one attached hydrogen (secondary N) is 1. The Kier molecular flexibility index (Phi) is 10.6. The molecule has 0 radical (unpaired) electrons. The number of aryl methyl sites for hydroxylation is 1. The van der Waals surface area contributed by atoms with Crippen molar-refractivity contribution >= 4 is 75.6 Å². The number of rotatable bonds is 11. The molecule has 1 aliphatic rings. The first-order valence-corrected chi connectivity index (χ1v) is 15.1. The van der Waals surface area contributed by atoms with Crippen LogP contribution in [0.1, 0.15) is 41.3 Å². The predicted octanol–water partition coefficient (Wildman–Crippen LogP) is 7.34. The largest absolute Gasteiger partial charge is 0.462 e. The van der Waals surface area contributed by atoms with Crippen LogP contribution in [0.15, 0.2) is 75.4 Å². The van der Waals surface area contributed by atoms with Gasteiger partial charge < -0.3 is 10.1 Å². The topological polar surface area (TPSA) is 136 Å². The Hall–Kier alpha value is -4.13. The van der Waals surface area contributed by atoms with Gasteiger partial charge in [0.05, 0.1) is 31.9 Å². The Morgan fingerprint density at radius 2 is 1.86 bits per heavy atom. The van der Waals surface area contributed by atoms with Crippen LogP contribution < -0.4 is 5.32 Å². The van der Waals surface area contributed by atoms with Crippen molar-refractivity contribution in [2.24, 2.45) is 0 Å². The summed E-state index contributed by atoms with van der Waals surface area (Å²) in [4.78, 5) is 64.0. The minimum absolute atomic E-state index is 0.0228. The lowest BCUT2D eigenvalue weighted by molar-refractivity contribution is -0.387. The van der Waals surface area contributed by atoms with Crippen LogP contribution >= 0.6 is 35.1 Å². The van der Waals surface area contributed by atoms with E-state index in [1.54, 1.807) is 12.1 Å². The summed E-state index contributed by atoms with van der Waals surface area (Å²) < 4.78 is 5.18. The number of amides is 3. The summed E-state index contributed by atoms with van der Waals surface area (Å²) in [5, 5.41) is 13.8. The van der Waals surface area contributed by atoms with E-state index in [-0.39, 0.29) is 33.5 Å². The smallest absolute Gasteiger partial charge is 0.339 e. The normalized spacial score (nSPS) is 13.8. The number of halogens is 1.